The van der Waals surface area contributed by atoms with Crippen molar-refractivity contribution in [1.82, 2.24) is 4.90 Å². The van der Waals surface area contributed by atoms with Gasteiger partial charge >= 0.3 is 11.9 Å². The average Bonchev–Trinajstić information content (AvgIpc) is 2.26. The summed E-state index contributed by atoms with van der Waals surface area (Å²) < 4.78 is 22.0. The van der Waals surface area contributed by atoms with Gasteiger partial charge in [-0.3, -0.25) is 9.59 Å². The smallest absolute Gasteiger partial charge is 0.308 e. The van der Waals surface area contributed by atoms with Crippen molar-refractivity contribution in [3.05, 3.63) is 0 Å². The van der Waals surface area contributed by atoms with Crippen LogP contribution in [0.15, 0.2) is 0 Å². The fourth-order valence-electron chi connectivity index (χ4n) is 2.32. The van der Waals surface area contributed by atoms with Crippen LogP contribution in [0, 0.1) is 11.8 Å². The van der Waals surface area contributed by atoms with Crippen LogP contribution in [0.1, 0.15) is 12.8 Å². The summed E-state index contributed by atoms with van der Waals surface area (Å²) in [7, 11) is -3.02. The molecule has 2 unspecified atom stereocenters. The number of carboxylic acid groups (broad SMARTS) is 2. The van der Waals surface area contributed by atoms with Crippen LogP contribution >= 0.6 is 0 Å². The molecule has 0 bridgehead atoms. The number of piperidine rings is 1. The Bertz CT molecular complexity index is 446. The summed E-state index contributed by atoms with van der Waals surface area (Å²) in [5.74, 6) is -3.92. The van der Waals surface area contributed by atoms with Crippen LogP contribution in [0.5, 0.6) is 0 Å². The Morgan fingerprint density at radius 1 is 1.21 bits per heavy atom. The van der Waals surface area contributed by atoms with Gasteiger partial charge in [0, 0.05) is 12.8 Å². The minimum atomic E-state index is -3.02. The topological polar surface area (TPSA) is 112 Å². The molecule has 0 amide bonds. The number of rotatable bonds is 6. The van der Waals surface area contributed by atoms with E-state index in [1.54, 1.807) is 0 Å². The lowest BCUT2D eigenvalue weighted by atomic mass is 9.85. The summed E-state index contributed by atoms with van der Waals surface area (Å²) in [4.78, 5) is 23.8. The Kier molecular flexibility index (Phi) is 5.30. The van der Waals surface area contributed by atoms with Crippen LogP contribution in [-0.2, 0) is 19.4 Å². The van der Waals surface area contributed by atoms with Gasteiger partial charge in [-0.05, 0) is 25.9 Å². The number of carboxylic acids is 2. The van der Waals surface area contributed by atoms with Gasteiger partial charge in [0.25, 0.3) is 0 Å². The van der Waals surface area contributed by atoms with Crippen LogP contribution in [-0.4, -0.2) is 67.1 Å². The molecular formula is C11H19NO6S. The molecule has 0 saturated carbocycles. The number of hydrogen-bond donors (Lipinski definition) is 2. The van der Waals surface area contributed by atoms with Gasteiger partial charge in [0.2, 0.25) is 0 Å². The Hall–Kier alpha value is -1.15. The lowest BCUT2D eigenvalue weighted by Crippen LogP contribution is -2.46. The van der Waals surface area contributed by atoms with Crippen molar-refractivity contribution in [2.24, 2.45) is 11.8 Å². The molecule has 1 saturated heterocycles. The summed E-state index contributed by atoms with van der Waals surface area (Å²) in [6, 6.07) is 0. The molecule has 2 N–H and O–H groups in total. The molecule has 1 rings (SSSR count). The van der Waals surface area contributed by atoms with E-state index in [0.717, 1.165) is 6.26 Å². The van der Waals surface area contributed by atoms with E-state index in [0.29, 0.717) is 19.5 Å². The second-order valence-corrected chi connectivity index (χ2v) is 7.22. The number of likely N-dealkylation sites (tertiary alicyclic amines) is 1. The first-order valence-corrected chi connectivity index (χ1v) is 8.12. The second kappa shape index (κ2) is 6.33. The minimum Gasteiger partial charge on any atom is -0.481 e. The Balaban J connectivity index is 2.52. The van der Waals surface area contributed by atoms with Crippen LogP contribution in [0.2, 0.25) is 0 Å². The molecule has 110 valence electrons. The molecule has 0 aromatic rings. The van der Waals surface area contributed by atoms with E-state index in [2.05, 4.69) is 0 Å². The minimum absolute atomic E-state index is 0.0591. The predicted octanol–water partition coefficient (Wildman–Crippen LogP) is -0.472. The predicted molar refractivity (Wildman–Crippen MR) is 67.6 cm³/mol. The monoisotopic (exact) mass is 293 g/mol. The van der Waals surface area contributed by atoms with E-state index in [9.17, 15) is 18.0 Å². The third-order valence-corrected chi connectivity index (χ3v) is 4.35. The first kappa shape index (κ1) is 15.9. The Morgan fingerprint density at radius 2 is 1.79 bits per heavy atom. The standard InChI is InChI=1S/C11H19NO6S/c1-19(17,18)6-2-4-12-5-3-8(10(13)14)9(7-12)11(15)16/h8-9H,2-7H2,1H3,(H,13,14)(H,15,16). The molecule has 7 nitrogen and oxygen atoms in total. The molecule has 8 heteroatoms. The number of carbonyl (C=O) groups is 2. The largest absolute Gasteiger partial charge is 0.481 e. The zero-order chi connectivity index (χ0) is 14.6. The van der Waals surface area contributed by atoms with Crippen molar-refractivity contribution in [3.8, 4) is 0 Å². The molecule has 0 radical (unpaired) electrons. The highest BCUT2D eigenvalue weighted by Gasteiger charge is 2.38. The summed E-state index contributed by atoms with van der Waals surface area (Å²) >= 11 is 0. The number of aliphatic carboxylic acids is 2. The van der Waals surface area contributed by atoms with Crippen molar-refractivity contribution in [2.75, 3.05) is 31.6 Å². The first-order chi connectivity index (χ1) is 8.70. The molecule has 1 heterocycles. The van der Waals surface area contributed by atoms with Gasteiger partial charge in [0.1, 0.15) is 9.84 Å². The van der Waals surface area contributed by atoms with Crippen molar-refractivity contribution in [2.45, 2.75) is 12.8 Å². The number of hydrogen-bond acceptors (Lipinski definition) is 5. The highest BCUT2D eigenvalue weighted by Crippen LogP contribution is 2.24. The molecule has 0 aromatic heterocycles. The van der Waals surface area contributed by atoms with Gasteiger partial charge in [0.15, 0.2) is 0 Å². The van der Waals surface area contributed by atoms with Gasteiger partial charge in [-0.1, -0.05) is 0 Å². The number of sulfone groups is 1. The molecule has 1 aliphatic rings. The molecule has 2 atom stereocenters. The van der Waals surface area contributed by atoms with Crippen molar-refractivity contribution in [1.29, 1.82) is 0 Å². The van der Waals surface area contributed by atoms with Gasteiger partial charge in [-0.25, -0.2) is 8.42 Å². The molecule has 0 spiro atoms. The third-order valence-electron chi connectivity index (χ3n) is 3.32. The van der Waals surface area contributed by atoms with Crippen LogP contribution in [0.4, 0.5) is 0 Å². The molecule has 0 aliphatic carbocycles. The summed E-state index contributed by atoms with van der Waals surface area (Å²) in [5.41, 5.74) is 0. The molecule has 1 fully saturated rings. The van der Waals surface area contributed by atoms with Crippen molar-refractivity contribution >= 4 is 21.8 Å². The molecule has 1 aliphatic heterocycles. The van der Waals surface area contributed by atoms with Gasteiger partial charge < -0.3 is 15.1 Å². The third kappa shape index (κ3) is 5.15. The average molecular weight is 293 g/mol. The van der Waals surface area contributed by atoms with Crippen LogP contribution in [0.3, 0.4) is 0 Å². The van der Waals surface area contributed by atoms with E-state index in [1.165, 1.54) is 0 Å². The van der Waals surface area contributed by atoms with Crippen LogP contribution in [0.25, 0.3) is 0 Å². The normalized spacial score (nSPS) is 25.1. The lowest BCUT2D eigenvalue weighted by Gasteiger charge is -2.34. The zero-order valence-electron chi connectivity index (χ0n) is 10.8. The maximum Gasteiger partial charge on any atom is 0.308 e. The highest BCUT2D eigenvalue weighted by molar-refractivity contribution is 7.90. The summed E-state index contributed by atoms with van der Waals surface area (Å²) in [5, 5.41) is 18.0. The van der Waals surface area contributed by atoms with E-state index in [-0.39, 0.29) is 18.7 Å². The zero-order valence-corrected chi connectivity index (χ0v) is 11.6. The molecule has 0 aromatic carbocycles. The second-order valence-electron chi connectivity index (χ2n) is 4.96. The SMILES string of the molecule is CS(=O)(=O)CCCN1CCC(C(=O)O)C(C(=O)O)C1. The van der Waals surface area contributed by atoms with Gasteiger partial charge in [0.05, 0.1) is 17.6 Å². The quantitative estimate of drug-likeness (QED) is 0.680. The highest BCUT2D eigenvalue weighted by atomic mass is 32.2. The fourth-order valence-corrected chi connectivity index (χ4v) is 2.97. The first-order valence-electron chi connectivity index (χ1n) is 6.06. The summed E-state index contributed by atoms with van der Waals surface area (Å²) in [6.45, 7) is 1.13. The van der Waals surface area contributed by atoms with Crippen LogP contribution < -0.4 is 0 Å². The Morgan fingerprint density at radius 3 is 2.26 bits per heavy atom. The fraction of sp³-hybridized carbons (Fsp3) is 0.818. The van der Waals surface area contributed by atoms with Crippen molar-refractivity contribution < 1.29 is 28.2 Å². The number of nitrogens with zero attached hydrogens (tertiary/aromatic N) is 1. The maximum atomic E-state index is 11.1. The molecule has 19 heavy (non-hydrogen) atoms. The molecular weight excluding hydrogens is 274 g/mol. The van der Waals surface area contributed by atoms with E-state index >= 15 is 0 Å². The summed E-state index contributed by atoms with van der Waals surface area (Å²) in [6.07, 6.45) is 1.87. The van der Waals surface area contributed by atoms with E-state index < -0.39 is 33.6 Å². The van der Waals surface area contributed by atoms with Gasteiger partial charge in [-0.15, -0.1) is 0 Å². The lowest BCUT2D eigenvalue weighted by molar-refractivity contribution is -0.157. The van der Waals surface area contributed by atoms with E-state index in [4.69, 9.17) is 10.2 Å². The van der Waals surface area contributed by atoms with Crippen molar-refractivity contribution in [3.63, 3.8) is 0 Å². The maximum absolute atomic E-state index is 11.1. The van der Waals surface area contributed by atoms with E-state index in [1.807, 2.05) is 4.90 Å². The Labute approximate surface area is 112 Å². The van der Waals surface area contributed by atoms with Gasteiger partial charge in [-0.2, -0.15) is 0 Å².